The lowest BCUT2D eigenvalue weighted by molar-refractivity contribution is 0.0791. The summed E-state index contributed by atoms with van der Waals surface area (Å²) < 4.78 is 1.76. The number of hydrogen-bond acceptors (Lipinski definition) is 3. The monoisotopic (exact) mass is 302 g/mol. The smallest absolute Gasteiger partial charge is 0.261 e. The van der Waals surface area contributed by atoms with Gasteiger partial charge in [0.1, 0.15) is 5.56 Å². The normalized spacial score (nSPS) is 10.7. The Hall–Kier alpha value is -2.37. The summed E-state index contributed by atoms with van der Waals surface area (Å²) in [7, 11) is 3.61. The third-order valence-electron chi connectivity index (χ3n) is 3.64. The van der Waals surface area contributed by atoms with E-state index in [1.807, 2.05) is 25.5 Å². The van der Waals surface area contributed by atoms with Gasteiger partial charge in [0, 0.05) is 32.5 Å². The van der Waals surface area contributed by atoms with Crippen molar-refractivity contribution in [2.24, 2.45) is 7.05 Å². The van der Waals surface area contributed by atoms with Crippen LogP contribution in [-0.2, 0) is 13.5 Å². The van der Waals surface area contributed by atoms with Gasteiger partial charge in [-0.1, -0.05) is 0 Å². The van der Waals surface area contributed by atoms with Gasteiger partial charge in [0.15, 0.2) is 0 Å². The number of pyridine rings is 1. The largest absolute Gasteiger partial charge is 0.342 e. The molecular weight excluding hydrogens is 280 g/mol. The highest BCUT2D eigenvalue weighted by Gasteiger charge is 2.18. The summed E-state index contributed by atoms with van der Waals surface area (Å²) in [5.41, 5.74) is 2.53. The maximum Gasteiger partial charge on any atom is 0.261 e. The summed E-state index contributed by atoms with van der Waals surface area (Å²) in [6, 6.07) is 1.82. The molecular formula is C16H22N4O2. The molecule has 22 heavy (non-hydrogen) atoms. The van der Waals surface area contributed by atoms with Crippen molar-refractivity contribution >= 4 is 5.91 Å². The van der Waals surface area contributed by atoms with Crippen LogP contribution < -0.4 is 5.56 Å². The molecule has 6 heteroatoms. The van der Waals surface area contributed by atoms with Gasteiger partial charge in [0.05, 0.1) is 6.20 Å². The lowest BCUT2D eigenvalue weighted by Gasteiger charge is -2.17. The second kappa shape index (κ2) is 6.60. The van der Waals surface area contributed by atoms with Crippen LogP contribution in [0.2, 0.25) is 0 Å². The van der Waals surface area contributed by atoms with E-state index in [1.165, 1.54) is 0 Å². The van der Waals surface area contributed by atoms with Gasteiger partial charge in [-0.2, -0.15) is 5.10 Å². The number of aromatic nitrogens is 3. The van der Waals surface area contributed by atoms with Gasteiger partial charge in [-0.15, -0.1) is 0 Å². The minimum Gasteiger partial charge on any atom is -0.342 e. The summed E-state index contributed by atoms with van der Waals surface area (Å²) in [5.74, 6) is -0.232. The van der Waals surface area contributed by atoms with Crippen molar-refractivity contribution in [1.82, 2.24) is 19.7 Å². The molecule has 0 saturated carbocycles. The minimum atomic E-state index is -0.318. The first-order valence-corrected chi connectivity index (χ1v) is 7.32. The Morgan fingerprint density at radius 2 is 2.14 bits per heavy atom. The first kappa shape index (κ1) is 16.0. The SMILES string of the molecule is Cc1cc(C)c(C(=O)N(C)CCCc2cnn(C)c2)c(=O)[nH]1. The van der Waals surface area contributed by atoms with Gasteiger partial charge in [-0.05, 0) is 43.9 Å². The number of nitrogens with zero attached hydrogens (tertiary/aromatic N) is 3. The van der Waals surface area contributed by atoms with E-state index in [9.17, 15) is 9.59 Å². The summed E-state index contributed by atoms with van der Waals surface area (Å²) in [4.78, 5) is 28.7. The Kier molecular flexibility index (Phi) is 4.80. The topological polar surface area (TPSA) is 71.0 Å². The zero-order valence-electron chi connectivity index (χ0n) is 13.5. The fraction of sp³-hybridized carbons (Fsp3) is 0.438. The number of carbonyl (C=O) groups excluding carboxylic acids is 1. The van der Waals surface area contributed by atoms with Crippen molar-refractivity contribution in [2.75, 3.05) is 13.6 Å². The van der Waals surface area contributed by atoms with Crippen molar-refractivity contribution in [3.05, 3.63) is 51.2 Å². The first-order chi connectivity index (χ1) is 10.4. The van der Waals surface area contributed by atoms with Crippen LogP contribution in [0.25, 0.3) is 0 Å². The van der Waals surface area contributed by atoms with Crippen LogP contribution in [-0.4, -0.2) is 39.2 Å². The van der Waals surface area contributed by atoms with Crippen molar-refractivity contribution < 1.29 is 4.79 Å². The second-order valence-electron chi connectivity index (χ2n) is 5.69. The Labute approximate surface area is 129 Å². The van der Waals surface area contributed by atoms with E-state index in [0.29, 0.717) is 12.1 Å². The van der Waals surface area contributed by atoms with Crippen LogP contribution in [0, 0.1) is 13.8 Å². The van der Waals surface area contributed by atoms with E-state index in [-0.39, 0.29) is 17.0 Å². The molecule has 1 amide bonds. The molecule has 2 rings (SSSR count). The summed E-state index contributed by atoms with van der Waals surface area (Å²) in [5, 5.41) is 4.12. The average Bonchev–Trinajstić information content (AvgIpc) is 2.83. The number of H-pyrrole nitrogens is 1. The van der Waals surface area contributed by atoms with E-state index in [4.69, 9.17) is 0 Å². The van der Waals surface area contributed by atoms with Gasteiger partial charge < -0.3 is 9.88 Å². The highest BCUT2D eigenvalue weighted by Crippen LogP contribution is 2.08. The zero-order chi connectivity index (χ0) is 16.3. The van der Waals surface area contributed by atoms with Gasteiger partial charge in [-0.25, -0.2) is 0 Å². The third-order valence-corrected chi connectivity index (χ3v) is 3.64. The lowest BCUT2D eigenvalue weighted by atomic mass is 10.1. The first-order valence-electron chi connectivity index (χ1n) is 7.32. The molecule has 2 aromatic rings. The van der Waals surface area contributed by atoms with Crippen molar-refractivity contribution in [3.63, 3.8) is 0 Å². The van der Waals surface area contributed by atoms with E-state index >= 15 is 0 Å². The standard InChI is InChI=1S/C16H22N4O2/c1-11-8-12(2)18-15(21)14(11)16(22)19(3)7-5-6-13-9-17-20(4)10-13/h8-10H,5-7H2,1-4H3,(H,18,21). The minimum absolute atomic E-state index is 0.231. The fourth-order valence-corrected chi connectivity index (χ4v) is 2.53. The highest BCUT2D eigenvalue weighted by molar-refractivity contribution is 5.95. The summed E-state index contributed by atoms with van der Waals surface area (Å²) in [6.45, 7) is 4.19. The van der Waals surface area contributed by atoms with Crippen LogP contribution in [0.1, 0.15) is 33.6 Å². The molecule has 0 atom stereocenters. The molecule has 0 aliphatic carbocycles. The molecule has 0 saturated heterocycles. The van der Waals surface area contributed by atoms with Crippen LogP contribution in [0.15, 0.2) is 23.3 Å². The lowest BCUT2D eigenvalue weighted by Crippen LogP contribution is -2.33. The van der Waals surface area contributed by atoms with Crippen molar-refractivity contribution in [1.29, 1.82) is 0 Å². The van der Waals surface area contributed by atoms with Gasteiger partial charge in [0.2, 0.25) is 0 Å². The molecule has 2 aromatic heterocycles. The summed E-state index contributed by atoms with van der Waals surface area (Å²) in [6.07, 6.45) is 5.48. The Morgan fingerprint density at radius 3 is 2.73 bits per heavy atom. The van der Waals surface area contributed by atoms with Crippen LogP contribution in [0.3, 0.4) is 0 Å². The average molecular weight is 302 g/mol. The number of amides is 1. The molecule has 0 bridgehead atoms. The van der Waals surface area contributed by atoms with Gasteiger partial charge >= 0.3 is 0 Å². The Balaban J connectivity index is 1.99. The number of carbonyl (C=O) groups is 1. The molecule has 6 nitrogen and oxygen atoms in total. The molecule has 118 valence electrons. The molecule has 2 heterocycles. The predicted octanol–water partition coefficient (Wildman–Crippen LogP) is 1.43. The molecule has 0 aromatic carbocycles. The van der Waals surface area contributed by atoms with Crippen LogP contribution in [0.4, 0.5) is 0 Å². The quantitative estimate of drug-likeness (QED) is 0.908. The molecule has 0 aliphatic heterocycles. The van der Waals surface area contributed by atoms with Gasteiger partial charge in [-0.3, -0.25) is 14.3 Å². The second-order valence-corrected chi connectivity index (χ2v) is 5.69. The van der Waals surface area contributed by atoms with Crippen LogP contribution >= 0.6 is 0 Å². The molecule has 1 N–H and O–H groups in total. The molecule has 0 aliphatic rings. The molecule has 0 spiro atoms. The predicted molar refractivity (Wildman–Crippen MR) is 85.0 cm³/mol. The molecule has 0 unspecified atom stereocenters. The zero-order valence-corrected chi connectivity index (χ0v) is 13.5. The Morgan fingerprint density at radius 1 is 1.41 bits per heavy atom. The van der Waals surface area contributed by atoms with E-state index in [2.05, 4.69) is 10.1 Å². The number of nitrogens with one attached hydrogen (secondary N) is 1. The highest BCUT2D eigenvalue weighted by atomic mass is 16.2. The molecule has 0 radical (unpaired) electrons. The number of aryl methyl sites for hydroxylation is 4. The van der Waals surface area contributed by atoms with Crippen molar-refractivity contribution in [3.8, 4) is 0 Å². The third kappa shape index (κ3) is 3.63. The van der Waals surface area contributed by atoms with E-state index in [0.717, 1.165) is 24.1 Å². The van der Waals surface area contributed by atoms with E-state index in [1.54, 1.807) is 30.5 Å². The molecule has 0 fully saturated rings. The van der Waals surface area contributed by atoms with Gasteiger partial charge in [0.25, 0.3) is 11.5 Å². The maximum atomic E-state index is 12.4. The summed E-state index contributed by atoms with van der Waals surface area (Å²) >= 11 is 0. The van der Waals surface area contributed by atoms with E-state index < -0.39 is 0 Å². The number of hydrogen-bond donors (Lipinski definition) is 1. The maximum absolute atomic E-state index is 12.4. The van der Waals surface area contributed by atoms with Crippen LogP contribution in [0.5, 0.6) is 0 Å². The number of aromatic amines is 1. The Bertz CT molecular complexity index is 730. The fourth-order valence-electron chi connectivity index (χ4n) is 2.53. The van der Waals surface area contributed by atoms with Crippen molar-refractivity contribution in [2.45, 2.75) is 26.7 Å². The number of rotatable bonds is 5.